The van der Waals surface area contributed by atoms with Crippen LogP contribution < -0.4 is 5.73 Å². The van der Waals surface area contributed by atoms with Crippen molar-refractivity contribution in [1.29, 1.82) is 0 Å². The van der Waals surface area contributed by atoms with Gasteiger partial charge in [0.15, 0.2) is 15.4 Å². The van der Waals surface area contributed by atoms with E-state index in [0.29, 0.717) is 0 Å². The van der Waals surface area contributed by atoms with Crippen molar-refractivity contribution in [3.63, 3.8) is 0 Å². The fourth-order valence-electron chi connectivity index (χ4n) is 1.03. The predicted molar refractivity (Wildman–Crippen MR) is 37.4 cm³/mol. The molecule has 1 aliphatic rings. The van der Waals surface area contributed by atoms with Crippen molar-refractivity contribution in [1.82, 2.24) is 0 Å². The van der Waals surface area contributed by atoms with Gasteiger partial charge in [0.2, 0.25) is 5.91 Å². The van der Waals surface area contributed by atoms with E-state index in [1.165, 1.54) is 0 Å². The lowest BCUT2D eigenvalue weighted by atomic mass is 10.0. The van der Waals surface area contributed by atoms with E-state index in [0.717, 1.165) is 0 Å². The third-order valence-electron chi connectivity index (χ3n) is 1.74. The van der Waals surface area contributed by atoms with E-state index in [-0.39, 0.29) is 12.2 Å². The largest absolute Gasteiger partial charge is 0.379 e. The molecule has 0 bridgehead atoms. The zero-order valence-electron chi connectivity index (χ0n) is 5.78. The van der Waals surface area contributed by atoms with Crippen LogP contribution in [-0.4, -0.2) is 36.5 Å². The van der Waals surface area contributed by atoms with Gasteiger partial charge in [-0.25, -0.2) is 8.42 Å². The second-order valence-electron chi connectivity index (χ2n) is 2.74. The van der Waals surface area contributed by atoms with Crippen molar-refractivity contribution in [3.05, 3.63) is 0 Å². The molecule has 5 nitrogen and oxygen atoms in total. The average molecular weight is 179 g/mol. The molecule has 3 N–H and O–H groups in total. The summed E-state index contributed by atoms with van der Waals surface area (Å²) in [4.78, 5) is 10.5. The highest BCUT2D eigenvalue weighted by Crippen LogP contribution is 2.22. The standard InChI is InChI=1S/C5H9NO4S/c6-4(7)5(8)1-2-11(9,10)3-5/h8H,1-3H2,(H2,6,7). The predicted octanol–water partition coefficient (Wildman–Crippen LogP) is -1.98. The summed E-state index contributed by atoms with van der Waals surface area (Å²) in [6.07, 6.45) is -0.0787. The molecule has 11 heavy (non-hydrogen) atoms. The van der Waals surface area contributed by atoms with Crippen LogP contribution in [0.5, 0.6) is 0 Å². The molecular formula is C5H9NO4S. The zero-order valence-corrected chi connectivity index (χ0v) is 6.60. The molecule has 0 aromatic heterocycles. The first-order valence-electron chi connectivity index (χ1n) is 3.08. The first-order chi connectivity index (χ1) is 4.86. The second-order valence-corrected chi connectivity index (χ2v) is 4.92. The van der Waals surface area contributed by atoms with Gasteiger partial charge in [0.25, 0.3) is 0 Å². The van der Waals surface area contributed by atoms with Gasteiger partial charge in [-0.3, -0.25) is 4.79 Å². The normalized spacial score (nSPS) is 35.4. The monoisotopic (exact) mass is 179 g/mol. The Balaban J connectivity index is 2.90. The number of carbonyl (C=O) groups is 1. The molecule has 1 unspecified atom stereocenters. The summed E-state index contributed by atoms with van der Waals surface area (Å²) in [5.41, 5.74) is 2.98. The van der Waals surface area contributed by atoms with Crippen LogP contribution in [0.2, 0.25) is 0 Å². The smallest absolute Gasteiger partial charge is 0.250 e. The summed E-state index contributed by atoms with van der Waals surface area (Å²) >= 11 is 0. The maximum Gasteiger partial charge on any atom is 0.250 e. The molecule has 0 aromatic carbocycles. The summed E-state index contributed by atoms with van der Waals surface area (Å²) in [6, 6.07) is 0. The van der Waals surface area contributed by atoms with Gasteiger partial charge in [-0.1, -0.05) is 0 Å². The van der Waals surface area contributed by atoms with Gasteiger partial charge >= 0.3 is 0 Å². The first-order valence-corrected chi connectivity index (χ1v) is 4.91. The van der Waals surface area contributed by atoms with Crippen LogP contribution in [0.15, 0.2) is 0 Å². The molecule has 1 rings (SSSR count). The zero-order chi connectivity index (χ0) is 8.70. The Labute approximate surface area is 64.1 Å². The Kier molecular flexibility index (Phi) is 1.68. The van der Waals surface area contributed by atoms with Crippen molar-refractivity contribution in [2.45, 2.75) is 12.0 Å². The molecule has 1 atom stereocenters. The minimum Gasteiger partial charge on any atom is -0.379 e. The van der Waals surface area contributed by atoms with Crippen LogP contribution in [0.1, 0.15) is 6.42 Å². The summed E-state index contributed by atoms with van der Waals surface area (Å²) in [7, 11) is -3.25. The lowest BCUT2D eigenvalue weighted by molar-refractivity contribution is -0.133. The van der Waals surface area contributed by atoms with Crippen LogP contribution in [0.4, 0.5) is 0 Å². The van der Waals surface area contributed by atoms with E-state index in [4.69, 9.17) is 5.73 Å². The molecule has 1 heterocycles. The van der Waals surface area contributed by atoms with Crippen molar-refractivity contribution >= 4 is 15.7 Å². The minimum absolute atomic E-state index is 0.0787. The molecule has 1 amide bonds. The molecule has 0 spiro atoms. The van der Waals surface area contributed by atoms with Crippen LogP contribution in [0.3, 0.4) is 0 Å². The number of aliphatic hydroxyl groups is 1. The summed E-state index contributed by atoms with van der Waals surface area (Å²) in [6.45, 7) is 0. The lowest BCUT2D eigenvalue weighted by Gasteiger charge is -2.14. The quantitative estimate of drug-likeness (QED) is 0.487. The molecule has 64 valence electrons. The third kappa shape index (κ3) is 1.51. The van der Waals surface area contributed by atoms with Crippen LogP contribution >= 0.6 is 0 Å². The van der Waals surface area contributed by atoms with E-state index in [1.807, 2.05) is 0 Å². The average Bonchev–Trinajstić information content (AvgIpc) is 2.08. The molecule has 6 heteroatoms. The number of amides is 1. The van der Waals surface area contributed by atoms with E-state index in [9.17, 15) is 18.3 Å². The van der Waals surface area contributed by atoms with Gasteiger partial charge in [0, 0.05) is 6.42 Å². The van der Waals surface area contributed by atoms with Gasteiger partial charge < -0.3 is 10.8 Å². The van der Waals surface area contributed by atoms with Gasteiger partial charge in [-0.2, -0.15) is 0 Å². The second kappa shape index (κ2) is 2.18. The Morgan fingerprint density at radius 1 is 1.55 bits per heavy atom. The van der Waals surface area contributed by atoms with E-state index in [1.54, 1.807) is 0 Å². The number of hydrogen-bond acceptors (Lipinski definition) is 4. The highest BCUT2D eigenvalue weighted by atomic mass is 32.2. The van der Waals surface area contributed by atoms with Crippen molar-refractivity contribution < 1.29 is 18.3 Å². The van der Waals surface area contributed by atoms with E-state index in [2.05, 4.69) is 0 Å². The summed E-state index contributed by atoms with van der Waals surface area (Å²) in [5, 5.41) is 9.25. The molecule has 0 aromatic rings. The molecule has 0 radical (unpaired) electrons. The highest BCUT2D eigenvalue weighted by molar-refractivity contribution is 7.91. The van der Waals surface area contributed by atoms with Crippen LogP contribution in [0, 0.1) is 0 Å². The van der Waals surface area contributed by atoms with Crippen molar-refractivity contribution in [3.8, 4) is 0 Å². The van der Waals surface area contributed by atoms with Crippen molar-refractivity contribution in [2.24, 2.45) is 5.73 Å². The highest BCUT2D eigenvalue weighted by Gasteiger charge is 2.45. The Bertz CT molecular complexity index is 283. The summed E-state index contributed by atoms with van der Waals surface area (Å²) < 4.78 is 21.6. The minimum atomic E-state index is -3.25. The SMILES string of the molecule is NC(=O)C1(O)CCS(=O)(=O)C1. The molecule has 0 saturated carbocycles. The fourth-order valence-corrected chi connectivity index (χ4v) is 2.83. The van der Waals surface area contributed by atoms with Crippen molar-refractivity contribution in [2.75, 3.05) is 11.5 Å². The number of sulfone groups is 1. The first kappa shape index (κ1) is 8.48. The summed E-state index contributed by atoms with van der Waals surface area (Å²) in [5.74, 6) is -1.65. The van der Waals surface area contributed by atoms with Gasteiger partial charge in [-0.05, 0) is 0 Å². The molecule has 1 saturated heterocycles. The molecule has 1 aliphatic heterocycles. The van der Waals surface area contributed by atoms with Crippen LogP contribution in [0.25, 0.3) is 0 Å². The Morgan fingerprint density at radius 3 is 2.27 bits per heavy atom. The van der Waals surface area contributed by atoms with E-state index < -0.39 is 27.1 Å². The lowest BCUT2D eigenvalue weighted by Crippen LogP contribution is -2.44. The third-order valence-corrected chi connectivity index (χ3v) is 3.49. The Hall–Kier alpha value is -0.620. The molecular weight excluding hydrogens is 170 g/mol. The van der Waals surface area contributed by atoms with Gasteiger partial charge in [0.05, 0.1) is 11.5 Å². The molecule has 0 aliphatic carbocycles. The number of carbonyl (C=O) groups excluding carboxylic acids is 1. The number of hydrogen-bond donors (Lipinski definition) is 2. The topological polar surface area (TPSA) is 97.5 Å². The maximum atomic E-state index is 10.8. The number of primary amides is 1. The maximum absolute atomic E-state index is 10.8. The number of nitrogens with two attached hydrogens (primary N) is 1. The Morgan fingerprint density at radius 2 is 2.09 bits per heavy atom. The fraction of sp³-hybridized carbons (Fsp3) is 0.800. The van der Waals surface area contributed by atoms with Crippen LogP contribution in [-0.2, 0) is 14.6 Å². The van der Waals surface area contributed by atoms with Gasteiger partial charge in [0.1, 0.15) is 0 Å². The van der Waals surface area contributed by atoms with E-state index >= 15 is 0 Å². The number of rotatable bonds is 1. The molecule has 1 fully saturated rings. The van der Waals surface area contributed by atoms with Gasteiger partial charge in [-0.15, -0.1) is 0 Å².